The summed E-state index contributed by atoms with van der Waals surface area (Å²) in [5, 5.41) is 15.8. The molecule has 0 aliphatic heterocycles. The molecule has 0 heterocycles. The van der Waals surface area contributed by atoms with Gasteiger partial charge in [-0.2, -0.15) is 0 Å². The highest BCUT2D eigenvalue weighted by molar-refractivity contribution is 6.30. The zero-order valence-electron chi connectivity index (χ0n) is 18.3. The molecular formula is C24H27ClN2O5. The van der Waals surface area contributed by atoms with Crippen LogP contribution in [0.4, 0.5) is 4.79 Å². The average Bonchev–Trinajstić information content (AvgIpc) is 3.05. The number of nitrogens with one attached hydrogen (secondary N) is 2. The van der Waals surface area contributed by atoms with E-state index < -0.39 is 29.1 Å². The van der Waals surface area contributed by atoms with Crippen LogP contribution in [0.15, 0.2) is 42.5 Å². The molecule has 1 unspecified atom stereocenters. The summed E-state index contributed by atoms with van der Waals surface area (Å²) in [5.74, 6) is -1.54. The third-order valence-corrected chi connectivity index (χ3v) is 5.43. The molecule has 170 valence electrons. The largest absolute Gasteiger partial charge is 0.479 e. The highest BCUT2D eigenvalue weighted by Crippen LogP contribution is 2.34. The van der Waals surface area contributed by atoms with Gasteiger partial charge in [0.25, 0.3) is 0 Å². The molecule has 1 aliphatic rings. The van der Waals surface area contributed by atoms with Gasteiger partial charge in [0, 0.05) is 30.8 Å². The minimum Gasteiger partial charge on any atom is -0.479 e. The van der Waals surface area contributed by atoms with Gasteiger partial charge >= 0.3 is 12.1 Å². The van der Waals surface area contributed by atoms with Crippen LogP contribution < -0.4 is 10.6 Å². The molecular weight excluding hydrogens is 432 g/mol. The number of alkyl carbamates (subject to hydrolysis) is 1. The van der Waals surface area contributed by atoms with Crippen LogP contribution in [0.1, 0.15) is 38.3 Å². The van der Waals surface area contributed by atoms with E-state index in [9.17, 15) is 19.5 Å². The maximum Gasteiger partial charge on any atom is 0.407 e. The molecule has 0 radical (unpaired) electrons. The second-order valence-electron chi connectivity index (χ2n) is 8.96. The Morgan fingerprint density at radius 1 is 1.03 bits per heavy atom. The van der Waals surface area contributed by atoms with Gasteiger partial charge in [-0.3, -0.25) is 4.79 Å². The van der Waals surface area contributed by atoms with Gasteiger partial charge in [0.05, 0.1) is 0 Å². The number of ether oxygens (including phenoxy) is 1. The summed E-state index contributed by atoms with van der Waals surface area (Å²) in [4.78, 5) is 36.3. The van der Waals surface area contributed by atoms with E-state index in [1.165, 1.54) is 0 Å². The number of benzene rings is 2. The zero-order chi connectivity index (χ0) is 23.5. The normalized spacial score (nSPS) is 17.4. The van der Waals surface area contributed by atoms with Crippen LogP contribution in [0.25, 0.3) is 11.1 Å². The lowest BCUT2D eigenvalue weighted by molar-refractivity contribution is -0.147. The van der Waals surface area contributed by atoms with E-state index in [1.54, 1.807) is 32.9 Å². The summed E-state index contributed by atoms with van der Waals surface area (Å²) in [6.07, 6.45) is -0.296. The number of carboxylic acid groups (broad SMARTS) is 1. The van der Waals surface area contributed by atoms with Crippen molar-refractivity contribution in [1.29, 1.82) is 0 Å². The van der Waals surface area contributed by atoms with Crippen LogP contribution >= 0.6 is 11.6 Å². The topological polar surface area (TPSA) is 105 Å². The molecule has 1 atom stereocenters. The molecule has 2 aromatic rings. The molecule has 7 nitrogen and oxygen atoms in total. The lowest BCUT2D eigenvalue weighted by atomic mass is 9.95. The first kappa shape index (κ1) is 23.6. The Kier molecular flexibility index (Phi) is 6.79. The van der Waals surface area contributed by atoms with Gasteiger partial charge < -0.3 is 20.5 Å². The minimum atomic E-state index is -1.41. The van der Waals surface area contributed by atoms with Crippen molar-refractivity contribution in [3.8, 4) is 11.1 Å². The quantitative estimate of drug-likeness (QED) is 0.607. The first-order chi connectivity index (χ1) is 15.0. The minimum absolute atomic E-state index is 0.0457. The highest BCUT2D eigenvalue weighted by Gasteiger charge is 2.45. The van der Waals surface area contributed by atoms with E-state index in [0.29, 0.717) is 5.02 Å². The number of carbonyl (C=O) groups is 3. The Morgan fingerprint density at radius 3 is 2.28 bits per heavy atom. The number of hydrogen-bond acceptors (Lipinski definition) is 4. The van der Waals surface area contributed by atoms with E-state index in [4.69, 9.17) is 16.3 Å². The summed E-state index contributed by atoms with van der Waals surface area (Å²) >= 11 is 5.96. The monoisotopic (exact) mass is 458 g/mol. The zero-order valence-corrected chi connectivity index (χ0v) is 19.1. The first-order valence-electron chi connectivity index (χ1n) is 10.4. The van der Waals surface area contributed by atoms with Crippen LogP contribution in [0, 0.1) is 0 Å². The van der Waals surface area contributed by atoms with Crippen LogP contribution in [-0.2, 0) is 27.2 Å². The van der Waals surface area contributed by atoms with Crippen LogP contribution in [-0.4, -0.2) is 40.8 Å². The molecule has 0 spiro atoms. The third kappa shape index (κ3) is 5.79. The van der Waals surface area contributed by atoms with Crippen molar-refractivity contribution in [3.05, 3.63) is 58.6 Å². The summed E-state index contributed by atoms with van der Waals surface area (Å²) < 4.78 is 5.12. The number of hydrogen-bond donors (Lipinski definition) is 3. The van der Waals surface area contributed by atoms with Crippen molar-refractivity contribution in [2.24, 2.45) is 0 Å². The number of aliphatic carboxylic acids is 1. The SMILES string of the molecule is CC(C)(C)OC(=O)NCCC(=O)NC1(C(=O)O)Cc2ccc(-c3ccc(Cl)cc3)cc2C1. The van der Waals surface area contributed by atoms with Crippen molar-refractivity contribution < 1.29 is 24.2 Å². The Hall–Kier alpha value is -3.06. The van der Waals surface area contributed by atoms with Gasteiger partial charge in [-0.1, -0.05) is 41.9 Å². The first-order valence-corrected chi connectivity index (χ1v) is 10.7. The fourth-order valence-electron chi connectivity index (χ4n) is 3.71. The van der Waals surface area contributed by atoms with E-state index in [1.807, 2.05) is 30.3 Å². The Labute approximate surface area is 192 Å². The van der Waals surface area contributed by atoms with Gasteiger partial charge in [-0.15, -0.1) is 0 Å². The summed E-state index contributed by atoms with van der Waals surface area (Å²) in [5.41, 5.74) is 1.64. The van der Waals surface area contributed by atoms with E-state index in [2.05, 4.69) is 10.6 Å². The Morgan fingerprint density at radius 2 is 1.66 bits per heavy atom. The Bertz CT molecular complexity index is 1030. The molecule has 0 aromatic heterocycles. The predicted octanol–water partition coefficient (Wildman–Crippen LogP) is 3.96. The number of carboxylic acids is 1. The van der Waals surface area contributed by atoms with Gasteiger partial charge in [0.15, 0.2) is 0 Å². The number of halogens is 1. The number of amides is 2. The molecule has 3 N–H and O–H groups in total. The fourth-order valence-corrected chi connectivity index (χ4v) is 3.84. The molecule has 32 heavy (non-hydrogen) atoms. The predicted molar refractivity (Wildman–Crippen MR) is 122 cm³/mol. The summed E-state index contributed by atoms with van der Waals surface area (Å²) in [6.45, 7) is 5.27. The van der Waals surface area contributed by atoms with Crippen molar-refractivity contribution in [3.63, 3.8) is 0 Å². The summed E-state index contributed by atoms with van der Waals surface area (Å²) in [7, 11) is 0. The number of rotatable bonds is 6. The number of carbonyl (C=O) groups excluding carboxylic acids is 2. The fraction of sp³-hybridized carbons (Fsp3) is 0.375. The van der Waals surface area contributed by atoms with Gasteiger partial charge in [-0.05, 0) is 55.2 Å². The third-order valence-electron chi connectivity index (χ3n) is 5.18. The molecule has 0 saturated carbocycles. The van der Waals surface area contributed by atoms with Crippen molar-refractivity contribution in [2.45, 2.75) is 51.2 Å². The molecule has 2 amide bonds. The average molecular weight is 459 g/mol. The molecule has 0 fully saturated rings. The summed E-state index contributed by atoms with van der Waals surface area (Å²) in [6, 6.07) is 13.2. The number of fused-ring (bicyclic) bond motifs is 1. The lowest BCUT2D eigenvalue weighted by Gasteiger charge is -2.25. The lowest BCUT2D eigenvalue weighted by Crippen LogP contribution is -2.55. The highest BCUT2D eigenvalue weighted by atomic mass is 35.5. The van der Waals surface area contributed by atoms with Gasteiger partial charge in [-0.25, -0.2) is 9.59 Å². The van der Waals surface area contributed by atoms with Gasteiger partial charge in [0.1, 0.15) is 11.1 Å². The molecule has 2 aromatic carbocycles. The molecule has 8 heteroatoms. The maximum absolute atomic E-state index is 12.5. The van der Waals surface area contributed by atoms with Crippen molar-refractivity contribution >= 4 is 29.6 Å². The Balaban J connectivity index is 1.65. The smallest absolute Gasteiger partial charge is 0.407 e. The van der Waals surface area contributed by atoms with Crippen LogP contribution in [0.3, 0.4) is 0 Å². The van der Waals surface area contributed by atoms with Crippen LogP contribution in [0.2, 0.25) is 5.02 Å². The van der Waals surface area contributed by atoms with Crippen molar-refractivity contribution in [1.82, 2.24) is 10.6 Å². The molecule has 0 bridgehead atoms. The molecule has 0 saturated heterocycles. The van der Waals surface area contributed by atoms with E-state index in [0.717, 1.165) is 22.3 Å². The second kappa shape index (κ2) is 9.20. The molecule has 3 rings (SSSR count). The van der Waals surface area contributed by atoms with Gasteiger partial charge in [0.2, 0.25) is 5.91 Å². The standard InChI is InChI=1S/C24H27ClN2O5/c1-23(2,3)32-22(31)26-11-10-20(28)27-24(21(29)30)13-17-5-4-16(12-18(17)14-24)15-6-8-19(25)9-7-15/h4-9,12H,10-11,13-14H2,1-3H3,(H,26,31)(H,27,28)(H,29,30). The van der Waals surface area contributed by atoms with E-state index >= 15 is 0 Å². The molecule has 1 aliphatic carbocycles. The van der Waals surface area contributed by atoms with Crippen LogP contribution in [0.5, 0.6) is 0 Å². The van der Waals surface area contributed by atoms with E-state index in [-0.39, 0.29) is 25.8 Å². The van der Waals surface area contributed by atoms with Crippen molar-refractivity contribution in [2.75, 3.05) is 6.54 Å². The second-order valence-corrected chi connectivity index (χ2v) is 9.39. The maximum atomic E-state index is 12.5.